The number of benzene rings is 1. The van der Waals surface area contributed by atoms with Gasteiger partial charge in [0.15, 0.2) is 0 Å². The van der Waals surface area contributed by atoms with Crippen molar-refractivity contribution in [3.63, 3.8) is 0 Å². The quantitative estimate of drug-likeness (QED) is 0.548. The van der Waals surface area contributed by atoms with E-state index in [4.69, 9.17) is 5.26 Å². The van der Waals surface area contributed by atoms with Gasteiger partial charge in [0.25, 0.3) is 0 Å². The van der Waals surface area contributed by atoms with Gasteiger partial charge in [-0.05, 0) is 60.7 Å². The molecule has 0 amide bonds. The van der Waals surface area contributed by atoms with Crippen LogP contribution < -0.4 is 4.90 Å². The molecule has 3 heteroatoms. The lowest BCUT2D eigenvalue weighted by molar-refractivity contribution is 0.632. The van der Waals surface area contributed by atoms with Crippen molar-refractivity contribution in [3.8, 4) is 5.40 Å². The van der Waals surface area contributed by atoms with Crippen LogP contribution >= 0.6 is 11.8 Å². The van der Waals surface area contributed by atoms with Crippen LogP contribution in [-0.4, -0.2) is 13.1 Å². The number of aryl methyl sites for hydroxylation is 2. The number of hydrogen-bond acceptors (Lipinski definition) is 3. The van der Waals surface area contributed by atoms with E-state index in [0.717, 1.165) is 4.90 Å². The fraction of sp³-hybridized carbons (Fsp3) is 0.462. The second-order valence-corrected chi connectivity index (χ2v) is 5.34. The number of thioether (sulfide) groups is 1. The van der Waals surface area contributed by atoms with Crippen molar-refractivity contribution < 1.29 is 0 Å². The Labute approximate surface area is 100 Å². The molecule has 1 aromatic carbocycles. The number of anilines is 1. The third-order valence-corrected chi connectivity index (χ3v) is 4.03. The summed E-state index contributed by atoms with van der Waals surface area (Å²) in [5.74, 6) is 0. The molecule has 2 heterocycles. The van der Waals surface area contributed by atoms with Crippen molar-refractivity contribution in [1.29, 1.82) is 5.26 Å². The fourth-order valence-corrected chi connectivity index (χ4v) is 3.39. The van der Waals surface area contributed by atoms with Crippen molar-refractivity contribution in [3.05, 3.63) is 23.3 Å². The summed E-state index contributed by atoms with van der Waals surface area (Å²) in [4.78, 5) is 3.65. The molecule has 0 fully saturated rings. The van der Waals surface area contributed by atoms with Gasteiger partial charge in [-0.1, -0.05) is 0 Å². The largest absolute Gasteiger partial charge is 0.371 e. The minimum absolute atomic E-state index is 1.13. The predicted octanol–water partition coefficient (Wildman–Crippen LogP) is 2.96. The fourth-order valence-electron chi connectivity index (χ4n) is 2.88. The van der Waals surface area contributed by atoms with Crippen LogP contribution in [0, 0.1) is 10.7 Å². The molecule has 0 bridgehead atoms. The summed E-state index contributed by atoms with van der Waals surface area (Å²) in [6.07, 6.45) is 4.87. The molecule has 16 heavy (non-hydrogen) atoms. The first-order chi connectivity index (χ1) is 7.88. The number of thiocyanates is 1. The monoisotopic (exact) mass is 230 g/mol. The minimum Gasteiger partial charge on any atom is -0.371 e. The smallest absolute Gasteiger partial charge is 0.138 e. The topological polar surface area (TPSA) is 27.0 Å². The van der Waals surface area contributed by atoms with Crippen molar-refractivity contribution in [2.45, 2.75) is 30.6 Å². The zero-order chi connectivity index (χ0) is 11.0. The summed E-state index contributed by atoms with van der Waals surface area (Å²) < 4.78 is 0. The van der Waals surface area contributed by atoms with Gasteiger partial charge in [-0.25, -0.2) is 0 Å². The zero-order valence-electron chi connectivity index (χ0n) is 9.20. The molecular weight excluding hydrogens is 216 g/mol. The summed E-state index contributed by atoms with van der Waals surface area (Å²) in [5.41, 5.74) is 4.40. The molecule has 0 saturated carbocycles. The van der Waals surface area contributed by atoms with Gasteiger partial charge < -0.3 is 4.90 Å². The van der Waals surface area contributed by atoms with Crippen LogP contribution in [0.3, 0.4) is 0 Å². The molecule has 3 rings (SSSR count). The molecule has 0 unspecified atom stereocenters. The van der Waals surface area contributed by atoms with Gasteiger partial charge in [0.05, 0.1) is 0 Å². The van der Waals surface area contributed by atoms with Crippen LogP contribution in [0.5, 0.6) is 0 Å². The summed E-state index contributed by atoms with van der Waals surface area (Å²) in [5, 5.41) is 10.9. The van der Waals surface area contributed by atoms with Gasteiger partial charge in [0.1, 0.15) is 5.40 Å². The predicted molar refractivity (Wildman–Crippen MR) is 66.8 cm³/mol. The van der Waals surface area contributed by atoms with Crippen LogP contribution in [-0.2, 0) is 12.8 Å². The highest BCUT2D eigenvalue weighted by Crippen LogP contribution is 2.37. The second-order valence-electron chi connectivity index (χ2n) is 4.48. The van der Waals surface area contributed by atoms with Gasteiger partial charge in [0, 0.05) is 23.7 Å². The highest BCUT2D eigenvalue weighted by Gasteiger charge is 2.24. The molecule has 0 saturated heterocycles. The van der Waals surface area contributed by atoms with Crippen LogP contribution in [0.25, 0.3) is 0 Å². The van der Waals surface area contributed by atoms with E-state index in [-0.39, 0.29) is 0 Å². The molecule has 0 spiro atoms. The molecule has 0 atom stereocenters. The first kappa shape index (κ1) is 10.0. The van der Waals surface area contributed by atoms with Gasteiger partial charge >= 0.3 is 0 Å². The Hall–Kier alpha value is -1.14. The second kappa shape index (κ2) is 4.03. The van der Waals surface area contributed by atoms with E-state index >= 15 is 0 Å². The van der Waals surface area contributed by atoms with Crippen LogP contribution in [0.2, 0.25) is 0 Å². The molecule has 82 valence electrons. The molecule has 0 N–H and O–H groups in total. The summed E-state index contributed by atoms with van der Waals surface area (Å²) in [7, 11) is 0. The van der Waals surface area contributed by atoms with Crippen molar-refractivity contribution in [1.82, 2.24) is 0 Å². The average Bonchev–Trinajstić information content (AvgIpc) is 2.30. The number of nitrogens with zero attached hydrogens (tertiary/aromatic N) is 2. The highest BCUT2D eigenvalue weighted by molar-refractivity contribution is 8.03. The Kier molecular flexibility index (Phi) is 2.53. The Morgan fingerprint density at radius 3 is 2.31 bits per heavy atom. The van der Waals surface area contributed by atoms with E-state index in [1.54, 1.807) is 0 Å². The van der Waals surface area contributed by atoms with E-state index in [2.05, 4.69) is 22.4 Å². The van der Waals surface area contributed by atoms with Crippen molar-refractivity contribution in [2.24, 2.45) is 0 Å². The molecule has 2 nitrogen and oxygen atoms in total. The average molecular weight is 230 g/mol. The van der Waals surface area contributed by atoms with Gasteiger partial charge in [-0.3, -0.25) is 0 Å². The number of rotatable bonds is 1. The molecule has 1 aromatic rings. The summed E-state index contributed by atoms with van der Waals surface area (Å²) >= 11 is 1.29. The van der Waals surface area contributed by atoms with Crippen LogP contribution in [0.4, 0.5) is 5.69 Å². The van der Waals surface area contributed by atoms with E-state index in [0.29, 0.717) is 0 Å². The van der Waals surface area contributed by atoms with E-state index < -0.39 is 0 Å². The molecule has 0 radical (unpaired) electrons. The van der Waals surface area contributed by atoms with E-state index in [9.17, 15) is 0 Å². The Morgan fingerprint density at radius 1 is 1.12 bits per heavy atom. The van der Waals surface area contributed by atoms with Gasteiger partial charge in [0.2, 0.25) is 0 Å². The Morgan fingerprint density at radius 2 is 1.75 bits per heavy atom. The lowest BCUT2D eigenvalue weighted by atomic mass is 9.92. The molecule has 0 aliphatic carbocycles. The third-order valence-electron chi connectivity index (χ3n) is 3.47. The molecule has 0 aromatic heterocycles. The number of hydrogen-bond donors (Lipinski definition) is 0. The maximum atomic E-state index is 8.76. The van der Waals surface area contributed by atoms with Gasteiger partial charge in [-0.15, -0.1) is 0 Å². The normalized spacial score (nSPS) is 17.8. The first-order valence-corrected chi connectivity index (χ1v) is 6.67. The lowest BCUT2D eigenvalue weighted by Crippen LogP contribution is -2.34. The first-order valence-electron chi connectivity index (χ1n) is 5.85. The van der Waals surface area contributed by atoms with E-state index in [1.165, 1.54) is 67.3 Å². The standard InChI is InChI=1S/C13H14N2S/c14-9-16-12-7-10-3-1-5-15-6-2-4-11(8-12)13(10)15/h7-8H,1-6H2. The van der Waals surface area contributed by atoms with Crippen LogP contribution in [0.1, 0.15) is 24.0 Å². The van der Waals surface area contributed by atoms with Crippen molar-refractivity contribution >= 4 is 17.4 Å². The highest BCUT2D eigenvalue weighted by atomic mass is 32.2. The lowest BCUT2D eigenvalue weighted by Gasteiger charge is -2.37. The summed E-state index contributed by atoms with van der Waals surface area (Å²) in [6.45, 7) is 2.43. The minimum atomic E-state index is 1.13. The van der Waals surface area contributed by atoms with Crippen molar-refractivity contribution in [2.75, 3.05) is 18.0 Å². The number of nitriles is 1. The maximum absolute atomic E-state index is 8.76. The van der Waals surface area contributed by atoms with Gasteiger partial charge in [-0.2, -0.15) is 5.26 Å². The molecular formula is C13H14N2S. The molecule has 2 aliphatic heterocycles. The van der Waals surface area contributed by atoms with E-state index in [1.807, 2.05) is 0 Å². The SMILES string of the molecule is N#CSc1cc2c3c(c1)CCCN3CCC2. The molecule has 2 aliphatic rings. The maximum Gasteiger partial charge on any atom is 0.138 e. The Balaban J connectivity index is 2.10. The Bertz CT molecular complexity index is 430. The summed E-state index contributed by atoms with van der Waals surface area (Å²) in [6, 6.07) is 4.42. The van der Waals surface area contributed by atoms with Crippen LogP contribution in [0.15, 0.2) is 17.0 Å². The zero-order valence-corrected chi connectivity index (χ0v) is 10.0. The third kappa shape index (κ3) is 1.58.